The van der Waals surface area contributed by atoms with Crippen LogP contribution < -0.4 is 0 Å². The van der Waals surface area contributed by atoms with E-state index in [0.717, 1.165) is 0 Å². The molecule has 0 aliphatic carbocycles. The van der Waals surface area contributed by atoms with Crippen LogP contribution in [0.4, 0.5) is 0 Å². The first kappa shape index (κ1) is 15.2. The third kappa shape index (κ3) is 3.26. The number of nitrogens with zero attached hydrogens (tertiary/aromatic N) is 4. The van der Waals surface area contributed by atoms with E-state index in [2.05, 4.69) is 15.2 Å². The van der Waals surface area contributed by atoms with Crippen LogP contribution in [-0.2, 0) is 20.3 Å². The van der Waals surface area contributed by atoms with Crippen LogP contribution >= 0.6 is 22.3 Å². The molecule has 0 atom stereocenters. The third-order valence-corrected chi connectivity index (χ3v) is 3.79. The van der Waals surface area contributed by atoms with Crippen LogP contribution in [0.3, 0.4) is 0 Å². The lowest BCUT2D eigenvalue weighted by Crippen LogP contribution is -2.11. The Hall–Kier alpha value is -1.22. The largest absolute Gasteiger partial charge is 0.383 e. The summed E-state index contributed by atoms with van der Waals surface area (Å²) in [7, 11) is 2.83. The minimum absolute atomic E-state index is 0.227. The highest BCUT2D eigenvalue weighted by molar-refractivity contribution is 8.13. The van der Waals surface area contributed by atoms with Crippen LogP contribution in [-0.4, -0.2) is 41.9 Å². The number of pyridine rings is 1. The van der Waals surface area contributed by atoms with E-state index in [0.29, 0.717) is 10.7 Å². The van der Waals surface area contributed by atoms with Gasteiger partial charge in [0.05, 0.1) is 18.2 Å². The van der Waals surface area contributed by atoms with E-state index < -0.39 is 9.05 Å². The first-order valence-corrected chi connectivity index (χ1v) is 8.11. The third-order valence-electron chi connectivity index (χ3n) is 2.41. The highest BCUT2D eigenvalue weighted by Crippen LogP contribution is 2.21. The first-order chi connectivity index (χ1) is 9.43. The highest BCUT2D eigenvalue weighted by Gasteiger charge is 2.23. The fourth-order valence-electron chi connectivity index (χ4n) is 1.55. The maximum absolute atomic E-state index is 11.5. The lowest BCUT2D eigenvalue weighted by Gasteiger charge is -2.07. The van der Waals surface area contributed by atoms with E-state index in [-0.39, 0.29) is 24.1 Å². The van der Waals surface area contributed by atoms with E-state index in [4.69, 9.17) is 27.0 Å². The van der Waals surface area contributed by atoms with Crippen LogP contribution in [0.2, 0.25) is 5.02 Å². The summed E-state index contributed by atoms with van der Waals surface area (Å²) in [6.45, 7) is 0.502. The minimum Gasteiger partial charge on any atom is -0.383 e. The number of methoxy groups -OCH3 is 1. The van der Waals surface area contributed by atoms with Gasteiger partial charge in [-0.25, -0.2) is 8.42 Å². The summed E-state index contributed by atoms with van der Waals surface area (Å²) < 4.78 is 29.2. The van der Waals surface area contributed by atoms with E-state index in [9.17, 15) is 8.42 Å². The minimum atomic E-state index is -4.01. The van der Waals surface area contributed by atoms with E-state index in [1.807, 2.05) is 0 Å². The molecule has 20 heavy (non-hydrogen) atoms. The number of hydrogen-bond donors (Lipinski definition) is 0. The molecule has 0 amide bonds. The molecule has 0 N–H and O–H groups in total. The van der Waals surface area contributed by atoms with E-state index >= 15 is 0 Å². The Morgan fingerprint density at radius 2 is 2.10 bits per heavy atom. The van der Waals surface area contributed by atoms with Crippen molar-refractivity contribution in [1.29, 1.82) is 0 Å². The molecule has 2 rings (SSSR count). The van der Waals surface area contributed by atoms with Crippen LogP contribution in [0.15, 0.2) is 23.5 Å². The molecule has 7 nitrogen and oxygen atoms in total. The predicted octanol–water partition coefficient (Wildman–Crippen LogP) is 1.57. The van der Waals surface area contributed by atoms with Crippen molar-refractivity contribution in [3.05, 3.63) is 23.4 Å². The topological polar surface area (TPSA) is 87.0 Å². The predicted molar refractivity (Wildman–Crippen MR) is 73.2 cm³/mol. The zero-order chi connectivity index (χ0) is 14.8. The number of rotatable bonds is 5. The van der Waals surface area contributed by atoms with Gasteiger partial charge in [-0.3, -0.25) is 9.55 Å². The summed E-state index contributed by atoms with van der Waals surface area (Å²) in [6.07, 6.45) is 1.43. The maximum atomic E-state index is 11.5. The molecule has 0 bridgehead atoms. The van der Waals surface area contributed by atoms with Crippen LogP contribution in [0.5, 0.6) is 0 Å². The van der Waals surface area contributed by atoms with Gasteiger partial charge in [-0.05, 0) is 12.1 Å². The average molecular weight is 337 g/mol. The van der Waals surface area contributed by atoms with Gasteiger partial charge in [0.15, 0.2) is 5.82 Å². The summed E-state index contributed by atoms with van der Waals surface area (Å²) >= 11 is 5.76. The van der Waals surface area contributed by atoms with Crippen molar-refractivity contribution in [3.63, 3.8) is 0 Å². The van der Waals surface area contributed by atoms with Crippen LogP contribution in [0, 0.1) is 0 Å². The SMILES string of the molecule is COCCn1c(-c2ccc(Cl)cn2)nnc1S(=O)(=O)Cl. The molecule has 2 aromatic rings. The summed E-state index contributed by atoms with van der Waals surface area (Å²) in [5.74, 6) is 0.276. The molecule has 0 saturated heterocycles. The second kappa shape index (κ2) is 6.04. The van der Waals surface area contributed by atoms with Crippen molar-refractivity contribution in [3.8, 4) is 11.5 Å². The lowest BCUT2D eigenvalue weighted by molar-refractivity contribution is 0.185. The zero-order valence-electron chi connectivity index (χ0n) is 10.3. The van der Waals surface area contributed by atoms with Gasteiger partial charge < -0.3 is 4.74 Å². The molecule has 2 aromatic heterocycles. The van der Waals surface area contributed by atoms with Gasteiger partial charge in [0, 0.05) is 24.0 Å². The van der Waals surface area contributed by atoms with Crippen molar-refractivity contribution in [1.82, 2.24) is 19.7 Å². The Morgan fingerprint density at radius 3 is 2.65 bits per heavy atom. The molecule has 0 unspecified atom stereocenters. The van der Waals surface area contributed by atoms with E-state index in [1.54, 1.807) is 12.1 Å². The molecule has 0 aliphatic rings. The number of halogens is 2. The van der Waals surface area contributed by atoms with Gasteiger partial charge in [0.25, 0.3) is 14.2 Å². The fourth-order valence-corrected chi connectivity index (χ4v) is 2.58. The van der Waals surface area contributed by atoms with Gasteiger partial charge >= 0.3 is 0 Å². The normalized spacial score (nSPS) is 11.8. The second-order valence-corrected chi connectivity index (χ2v) is 6.65. The van der Waals surface area contributed by atoms with Crippen molar-refractivity contribution >= 4 is 31.3 Å². The van der Waals surface area contributed by atoms with Crippen molar-refractivity contribution in [2.45, 2.75) is 11.7 Å². The Labute approximate surface area is 124 Å². The number of ether oxygens (including phenoxy) is 1. The van der Waals surface area contributed by atoms with Crippen molar-refractivity contribution in [2.75, 3.05) is 13.7 Å². The van der Waals surface area contributed by atoms with Crippen LogP contribution in [0.1, 0.15) is 0 Å². The number of hydrogen-bond acceptors (Lipinski definition) is 6. The highest BCUT2D eigenvalue weighted by atomic mass is 35.7. The average Bonchev–Trinajstić information content (AvgIpc) is 2.81. The first-order valence-electron chi connectivity index (χ1n) is 5.42. The summed E-state index contributed by atoms with van der Waals surface area (Å²) in [5, 5.41) is 7.54. The van der Waals surface area contributed by atoms with E-state index in [1.165, 1.54) is 17.9 Å². The zero-order valence-corrected chi connectivity index (χ0v) is 12.7. The molecule has 108 valence electrons. The van der Waals surface area contributed by atoms with Crippen molar-refractivity contribution < 1.29 is 13.2 Å². The standard InChI is InChI=1S/C10H10Cl2N4O3S/c1-19-5-4-16-9(8-3-2-7(11)6-13-8)14-15-10(16)20(12,17)18/h2-3,6H,4-5H2,1H3. The van der Waals surface area contributed by atoms with Gasteiger partial charge in [0.2, 0.25) is 0 Å². The quantitative estimate of drug-likeness (QED) is 0.770. The molecule has 2 heterocycles. The summed E-state index contributed by atoms with van der Waals surface area (Å²) in [4.78, 5) is 4.08. The molecular weight excluding hydrogens is 327 g/mol. The van der Waals surface area contributed by atoms with Crippen molar-refractivity contribution in [2.24, 2.45) is 0 Å². The van der Waals surface area contributed by atoms with Crippen LogP contribution in [0.25, 0.3) is 11.5 Å². The second-order valence-electron chi connectivity index (χ2n) is 3.75. The molecule has 0 fully saturated rings. The van der Waals surface area contributed by atoms with Gasteiger partial charge in [0.1, 0.15) is 5.69 Å². The molecule has 0 radical (unpaired) electrons. The van der Waals surface area contributed by atoms with Gasteiger partial charge in [-0.1, -0.05) is 11.6 Å². The molecule has 0 saturated carbocycles. The summed E-state index contributed by atoms with van der Waals surface area (Å²) in [6, 6.07) is 3.23. The Kier molecular flexibility index (Phi) is 4.59. The Bertz CT molecular complexity index is 700. The monoisotopic (exact) mass is 336 g/mol. The molecule has 0 aliphatic heterocycles. The maximum Gasteiger partial charge on any atom is 0.296 e. The fraction of sp³-hybridized carbons (Fsp3) is 0.300. The summed E-state index contributed by atoms with van der Waals surface area (Å²) in [5.41, 5.74) is 0.435. The number of aromatic nitrogens is 4. The molecule has 0 spiro atoms. The Morgan fingerprint density at radius 1 is 1.35 bits per heavy atom. The Balaban J connectivity index is 2.53. The van der Waals surface area contributed by atoms with Gasteiger partial charge in [-0.15, -0.1) is 10.2 Å². The smallest absolute Gasteiger partial charge is 0.296 e. The molecular formula is C10H10Cl2N4O3S. The lowest BCUT2D eigenvalue weighted by atomic mass is 10.3. The van der Waals surface area contributed by atoms with Gasteiger partial charge in [-0.2, -0.15) is 0 Å². The molecule has 0 aromatic carbocycles. The molecule has 10 heteroatoms.